The van der Waals surface area contributed by atoms with Crippen LogP contribution < -0.4 is 16.6 Å². The van der Waals surface area contributed by atoms with E-state index in [1.165, 1.54) is 15.9 Å². The Morgan fingerprint density at radius 1 is 1.06 bits per heavy atom. The predicted octanol–water partition coefficient (Wildman–Crippen LogP) is 3.66. The van der Waals surface area contributed by atoms with E-state index in [1.807, 2.05) is 30.2 Å². The lowest BCUT2D eigenvalue weighted by Gasteiger charge is -2.36. The molecule has 2 aromatic heterocycles. The Morgan fingerprint density at radius 3 is 2.29 bits per heavy atom. The molecule has 0 radical (unpaired) electrons. The van der Waals surface area contributed by atoms with Crippen LogP contribution in [0.5, 0.6) is 0 Å². The van der Waals surface area contributed by atoms with E-state index in [2.05, 4.69) is 0 Å². The van der Waals surface area contributed by atoms with Gasteiger partial charge in [-0.3, -0.25) is 19.7 Å². The van der Waals surface area contributed by atoms with Gasteiger partial charge in [0.2, 0.25) is 0 Å². The van der Waals surface area contributed by atoms with E-state index in [1.54, 1.807) is 42.3 Å². The van der Waals surface area contributed by atoms with E-state index in [0.717, 1.165) is 0 Å². The Balaban J connectivity index is 0.00000111. The number of anilines is 1. The van der Waals surface area contributed by atoms with Crippen LogP contribution in [0.25, 0.3) is 10.9 Å². The van der Waals surface area contributed by atoms with E-state index in [0.29, 0.717) is 47.6 Å². The fourth-order valence-corrected chi connectivity index (χ4v) is 4.33. The molecule has 1 aliphatic rings. The highest BCUT2D eigenvalue weighted by molar-refractivity contribution is 7.12. The van der Waals surface area contributed by atoms with E-state index >= 15 is 0 Å². The van der Waals surface area contributed by atoms with Crippen molar-refractivity contribution in [1.82, 2.24) is 15.6 Å². The Kier molecular flexibility index (Phi) is 7.89. The SMILES string of the molecule is CC.Cn1c(=O)c([N+](=O)[O-])c(N2CCN(C(=O)c3cccs3)CC2)c2ccccc21.N. The van der Waals surface area contributed by atoms with Gasteiger partial charge in [0.1, 0.15) is 5.69 Å². The minimum Gasteiger partial charge on any atom is -0.362 e. The molecule has 1 fully saturated rings. The number of aromatic nitrogens is 1. The summed E-state index contributed by atoms with van der Waals surface area (Å²) in [7, 11) is 1.54. The average Bonchev–Trinajstić information content (AvgIpc) is 3.32. The maximum Gasteiger partial charge on any atom is 0.357 e. The van der Waals surface area contributed by atoms with Crippen LogP contribution in [0, 0.1) is 10.1 Å². The van der Waals surface area contributed by atoms with Crippen LogP contribution in [0.1, 0.15) is 23.5 Å². The highest BCUT2D eigenvalue weighted by Crippen LogP contribution is 2.34. The first-order valence-electron chi connectivity index (χ1n) is 9.83. The third-order valence-corrected chi connectivity index (χ3v) is 5.91. The number of thiophene rings is 1. The van der Waals surface area contributed by atoms with E-state index < -0.39 is 16.2 Å². The van der Waals surface area contributed by atoms with Crippen LogP contribution in [0.4, 0.5) is 11.4 Å². The minimum absolute atomic E-state index is 0. The van der Waals surface area contributed by atoms with Crippen molar-refractivity contribution in [2.24, 2.45) is 7.05 Å². The molecule has 9 nitrogen and oxygen atoms in total. The number of para-hydroxylation sites is 1. The zero-order chi connectivity index (χ0) is 21.8. The Bertz CT molecular complexity index is 1120. The fourth-order valence-electron chi connectivity index (χ4n) is 3.64. The average molecular weight is 446 g/mol. The zero-order valence-corrected chi connectivity index (χ0v) is 18.7. The Labute approximate surface area is 184 Å². The van der Waals surface area contributed by atoms with Crippen molar-refractivity contribution in [3.63, 3.8) is 0 Å². The number of piperazine rings is 1. The smallest absolute Gasteiger partial charge is 0.357 e. The number of benzene rings is 1. The normalized spacial score (nSPS) is 13.3. The van der Waals surface area contributed by atoms with Crippen molar-refractivity contribution < 1.29 is 9.72 Å². The number of fused-ring (bicyclic) bond motifs is 1. The van der Waals surface area contributed by atoms with Gasteiger partial charge in [-0.25, -0.2) is 0 Å². The van der Waals surface area contributed by atoms with E-state index in [-0.39, 0.29) is 12.1 Å². The van der Waals surface area contributed by atoms with Crippen LogP contribution in [-0.2, 0) is 7.05 Å². The molecule has 31 heavy (non-hydrogen) atoms. The third kappa shape index (κ3) is 4.44. The number of carbonyl (C=O) groups is 1. The van der Waals surface area contributed by atoms with Gasteiger partial charge in [-0.05, 0) is 17.5 Å². The molecule has 166 valence electrons. The molecule has 3 aromatic rings. The second kappa shape index (κ2) is 10.2. The quantitative estimate of drug-likeness (QED) is 0.485. The molecule has 4 rings (SSSR count). The fraction of sp³-hybridized carbons (Fsp3) is 0.333. The topological polar surface area (TPSA) is 124 Å². The Hall–Kier alpha value is -3.24. The molecule has 0 unspecified atom stereocenters. The lowest BCUT2D eigenvalue weighted by Crippen LogP contribution is -2.49. The molecular formula is C21H27N5O4S. The summed E-state index contributed by atoms with van der Waals surface area (Å²) in [5.74, 6) is -0.0296. The molecule has 1 aromatic carbocycles. The summed E-state index contributed by atoms with van der Waals surface area (Å²) in [5, 5.41) is 14.2. The Morgan fingerprint density at radius 2 is 1.71 bits per heavy atom. The molecule has 10 heteroatoms. The molecule has 0 saturated carbocycles. The van der Waals surface area contributed by atoms with Crippen LogP contribution in [0.3, 0.4) is 0 Å². The standard InChI is InChI=1S/C19H18N4O4S.C2H6.H3N/c1-20-14-6-3-2-5-13(14)16(17(19(20)25)23(26)27)21-8-10-22(11-9-21)18(24)15-7-4-12-28-15;1-2;/h2-7,12H,8-11H2,1H3;1-2H3;1H3. The minimum atomic E-state index is -0.629. The van der Waals surface area contributed by atoms with Gasteiger partial charge in [0, 0.05) is 38.6 Å². The molecule has 1 amide bonds. The second-order valence-corrected chi connectivity index (χ2v) is 7.54. The molecule has 3 heterocycles. The number of carbonyl (C=O) groups excluding carboxylic acids is 1. The molecule has 0 spiro atoms. The largest absolute Gasteiger partial charge is 0.362 e. The van der Waals surface area contributed by atoms with Gasteiger partial charge in [-0.2, -0.15) is 0 Å². The summed E-state index contributed by atoms with van der Waals surface area (Å²) in [4.78, 5) is 40.6. The number of nitro groups is 1. The number of hydrogen-bond acceptors (Lipinski definition) is 7. The van der Waals surface area contributed by atoms with Gasteiger partial charge < -0.3 is 20.5 Å². The molecule has 0 bridgehead atoms. The molecular weight excluding hydrogens is 418 g/mol. The van der Waals surface area contributed by atoms with Gasteiger partial charge in [0.15, 0.2) is 0 Å². The summed E-state index contributed by atoms with van der Waals surface area (Å²) >= 11 is 1.40. The number of amides is 1. The van der Waals surface area contributed by atoms with Gasteiger partial charge in [-0.1, -0.05) is 38.1 Å². The maximum absolute atomic E-state index is 12.6. The predicted molar refractivity (Wildman–Crippen MR) is 125 cm³/mol. The van der Waals surface area contributed by atoms with Gasteiger partial charge in [0.05, 0.1) is 15.3 Å². The summed E-state index contributed by atoms with van der Waals surface area (Å²) in [6.07, 6.45) is 0. The van der Waals surface area contributed by atoms with Gasteiger partial charge in [0.25, 0.3) is 5.91 Å². The molecule has 3 N–H and O–H groups in total. The first-order chi connectivity index (χ1) is 14.5. The van der Waals surface area contributed by atoms with Crippen LogP contribution in [0.15, 0.2) is 46.6 Å². The van der Waals surface area contributed by atoms with Crippen LogP contribution >= 0.6 is 11.3 Å². The first-order valence-corrected chi connectivity index (χ1v) is 10.7. The van der Waals surface area contributed by atoms with Crippen molar-refractivity contribution in [2.75, 3.05) is 31.1 Å². The van der Waals surface area contributed by atoms with Crippen LogP contribution in [-0.4, -0.2) is 46.5 Å². The van der Waals surface area contributed by atoms with Crippen molar-refractivity contribution >= 4 is 39.5 Å². The van der Waals surface area contributed by atoms with Crippen LogP contribution in [0.2, 0.25) is 0 Å². The second-order valence-electron chi connectivity index (χ2n) is 6.59. The van der Waals surface area contributed by atoms with Crippen molar-refractivity contribution in [3.8, 4) is 0 Å². The van der Waals surface area contributed by atoms with Crippen molar-refractivity contribution in [1.29, 1.82) is 0 Å². The monoisotopic (exact) mass is 445 g/mol. The van der Waals surface area contributed by atoms with E-state index in [9.17, 15) is 19.7 Å². The lowest BCUT2D eigenvalue weighted by atomic mass is 10.1. The number of nitrogens with zero attached hydrogens (tertiary/aromatic N) is 4. The summed E-state index contributed by atoms with van der Waals surface area (Å²) in [6, 6.07) is 10.8. The number of rotatable bonds is 3. The van der Waals surface area contributed by atoms with Crippen molar-refractivity contribution in [3.05, 3.63) is 67.1 Å². The molecule has 1 aliphatic heterocycles. The zero-order valence-electron chi connectivity index (χ0n) is 17.9. The molecule has 1 saturated heterocycles. The number of pyridine rings is 1. The summed E-state index contributed by atoms with van der Waals surface area (Å²) in [6.45, 7) is 5.74. The highest BCUT2D eigenvalue weighted by atomic mass is 32.1. The highest BCUT2D eigenvalue weighted by Gasteiger charge is 2.31. The number of aryl methyl sites for hydroxylation is 1. The number of hydrogen-bond donors (Lipinski definition) is 1. The van der Waals surface area contributed by atoms with Crippen molar-refractivity contribution in [2.45, 2.75) is 13.8 Å². The maximum atomic E-state index is 12.6. The molecule has 0 atom stereocenters. The summed E-state index contributed by atoms with van der Waals surface area (Å²) < 4.78 is 1.31. The molecule has 0 aliphatic carbocycles. The lowest BCUT2D eigenvalue weighted by molar-refractivity contribution is -0.385. The van der Waals surface area contributed by atoms with Gasteiger partial charge >= 0.3 is 11.2 Å². The summed E-state index contributed by atoms with van der Waals surface area (Å²) in [5.41, 5.74) is -0.0628. The van der Waals surface area contributed by atoms with Gasteiger partial charge in [-0.15, -0.1) is 11.3 Å². The first kappa shape index (κ1) is 24.0. The van der Waals surface area contributed by atoms with E-state index in [4.69, 9.17) is 0 Å². The third-order valence-electron chi connectivity index (χ3n) is 5.05.